The molecule has 0 heterocycles. The zero-order valence-electron chi connectivity index (χ0n) is 9.30. The lowest BCUT2D eigenvalue weighted by Gasteiger charge is -2.12. The van der Waals surface area contributed by atoms with E-state index in [4.69, 9.17) is 9.84 Å². The van der Waals surface area contributed by atoms with E-state index in [9.17, 15) is 4.79 Å². The number of benzene rings is 1. The van der Waals surface area contributed by atoms with Crippen molar-refractivity contribution in [3.05, 3.63) is 48.0 Å². The first-order valence-electron chi connectivity index (χ1n) is 5.22. The highest BCUT2D eigenvalue weighted by atomic mass is 16.5. The molecule has 0 spiro atoms. The SMILES string of the molecule is CC=CCOCC(C(=O)O)c1ccccc1. The van der Waals surface area contributed by atoms with E-state index in [0.717, 1.165) is 5.56 Å². The minimum absolute atomic E-state index is 0.198. The number of aliphatic carboxylic acids is 1. The molecule has 1 unspecified atom stereocenters. The van der Waals surface area contributed by atoms with E-state index < -0.39 is 11.9 Å². The largest absolute Gasteiger partial charge is 0.481 e. The summed E-state index contributed by atoms with van der Waals surface area (Å²) < 4.78 is 5.28. The van der Waals surface area contributed by atoms with Crippen molar-refractivity contribution in [1.29, 1.82) is 0 Å². The molecule has 0 aliphatic heterocycles. The molecule has 0 bridgehead atoms. The van der Waals surface area contributed by atoms with E-state index in [1.165, 1.54) is 0 Å². The molecular weight excluding hydrogens is 204 g/mol. The van der Waals surface area contributed by atoms with Crippen LogP contribution in [0.1, 0.15) is 18.4 Å². The maximum absolute atomic E-state index is 11.1. The zero-order valence-corrected chi connectivity index (χ0v) is 9.30. The summed E-state index contributed by atoms with van der Waals surface area (Å²) in [5.74, 6) is -1.45. The van der Waals surface area contributed by atoms with Crippen molar-refractivity contribution in [3.63, 3.8) is 0 Å². The van der Waals surface area contributed by atoms with Gasteiger partial charge in [-0.3, -0.25) is 4.79 Å². The van der Waals surface area contributed by atoms with Gasteiger partial charge in [0, 0.05) is 0 Å². The van der Waals surface area contributed by atoms with E-state index >= 15 is 0 Å². The molecule has 0 aliphatic carbocycles. The van der Waals surface area contributed by atoms with Gasteiger partial charge in [-0.05, 0) is 12.5 Å². The van der Waals surface area contributed by atoms with Crippen molar-refractivity contribution in [2.24, 2.45) is 0 Å². The summed E-state index contributed by atoms with van der Waals surface area (Å²) in [5, 5.41) is 9.09. The van der Waals surface area contributed by atoms with Gasteiger partial charge in [-0.1, -0.05) is 42.5 Å². The highest BCUT2D eigenvalue weighted by molar-refractivity contribution is 5.76. The van der Waals surface area contributed by atoms with E-state index in [0.29, 0.717) is 6.61 Å². The van der Waals surface area contributed by atoms with Crippen molar-refractivity contribution < 1.29 is 14.6 Å². The van der Waals surface area contributed by atoms with Crippen LogP contribution in [0.2, 0.25) is 0 Å². The molecule has 0 saturated carbocycles. The number of rotatable bonds is 6. The Morgan fingerprint density at radius 2 is 2.12 bits per heavy atom. The van der Waals surface area contributed by atoms with E-state index in [-0.39, 0.29) is 6.61 Å². The van der Waals surface area contributed by atoms with E-state index in [1.807, 2.05) is 37.3 Å². The van der Waals surface area contributed by atoms with Gasteiger partial charge in [-0.15, -0.1) is 0 Å². The number of hydrogen-bond donors (Lipinski definition) is 1. The number of carbonyl (C=O) groups is 1. The average Bonchev–Trinajstić information content (AvgIpc) is 2.30. The van der Waals surface area contributed by atoms with Crippen molar-refractivity contribution in [2.75, 3.05) is 13.2 Å². The fourth-order valence-corrected chi connectivity index (χ4v) is 1.35. The second kappa shape index (κ2) is 6.80. The summed E-state index contributed by atoms with van der Waals surface area (Å²) in [6.07, 6.45) is 3.72. The maximum atomic E-state index is 11.1. The van der Waals surface area contributed by atoms with E-state index in [2.05, 4.69) is 0 Å². The summed E-state index contributed by atoms with van der Waals surface area (Å²) in [5.41, 5.74) is 0.774. The number of carboxylic acid groups (broad SMARTS) is 1. The summed E-state index contributed by atoms with van der Waals surface area (Å²) in [4.78, 5) is 11.1. The summed E-state index contributed by atoms with van der Waals surface area (Å²) in [6.45, 7) is 2.55. The molecule has 3 nitrogen and oxygen atoms in total. The lowest BCUT2D eigenvalue weighted by molar-refractivity contribution is -0.140. The van der Waals surface area contributed by atoms with Gasteiger partial charge in [0.15, 0.2) is 0 Å². The fraction of sp³-hybridized carbons (Fsp3) is 0.308. The second-order valence-electron chi connectivity index (χ2n) is 3.41. The van der Waals surface area contributed by atoms with Gasteiger partial charge in [0.2, 0.25) is 0 Å². The third kappa shape index (κ3) is 3.87. The van der Waals surface area contributed by atoms with Crippen LogP contribution in [0.3, 0.4) is 0 Å². The van der Waals surface area contributed by atoms with Gasteiger partial charge in [0.25, 0.3) is 0 Å². The van der Waals surface area contributed by atoms with Crippen molar-refractivity contribution in [3.8, 4) is 0 Å². The second-order valence-corrected chi connectivity index (χ2v) is 3.41. The topological polar surface area (TPSA) is 46.5 Å². The average molecular weight is 220 g/mol. The van der Waals surface area contributed by atoms with Crippen LogP contribution < -0.4 is 0 Å². The smallest absolute Gasteiger partial charge is 0.313 e. The van der Waals surface area contributed by atoms with Crippen molar-refractivity contribution in [1.82, 2.24) is 0 Å². The molecule has 1 atom stereocenters. The minimum Gasteiger partial charge on any atom is -0.481 e. The summed E-state index contributed by atoms with van der Waals surface area (Å²) >= 11 is 0. The molecule has 0 aliphatic rings. The summed E-state index contributed by atoms with van der Waals surface area (Å²) in [7, 11) is 0. The molecule has 0 radical (unpaired) electrons. The molecular formula is C13H16O3. The van der Waals surface area contributed by atoms with Crippen LogP contribution in [-0.4, -0.2) is 24.3 Å². The number of carboxylic acids is 1. The van der Waals surface area contributed by atoms with E-state index in [1.54, 1.807) is 12.1 Å². The molecule has 0 amide bonds. The number of hydrogen-bond acceptors (Lipinski definition) is 2. The molecule has 3 heteroatoms. The minimum atomic E-state index is -0.855. The molecule has 1 N–H and O–H groups in total. The Morgan fingerprint density at radius 1 is 1.44 bits per heavy atom. The van der Waals surface area contributed by atoms with Crippen LogP contribution in [0.15, 0.2) is 42.5 Å². The first-order valence-corrected chi connectivity index (χ1v) is 5.22. The number of ether oxygens (including phenoxy) is 1. The Labute approximate surface area is 95.4 Å². The van der Waals surface area contributed by atoms with Crippen LogP contribution >= 0.6 is 0 Å². The molecule has 0 fully saturated rings. The van der Waals surface area contributed by atoms with Gasteiger partial charge in [-0.2, -0.15) is 0 Å². The van der Waals surface area contributed by atoms with Gasteiger partial charge in [0.05, 0.1) is 13.2 Å². The standard InChI is InChI=1S/C13H16O3/c1-2-3-9-16-10-12(13(14)15)11-7-5-4-6-8-11/h2-8,12H,9-10H2,1H3,(H,14,15). The van der Waals surface area contributed by atoms with Crippen LogP contribution in [0.4, 0.5) is 0 Å². The van der Waals surface area contributed by atoms with Crippen LogP contribution in [0.5, 0.6) is 0 Å². The zero-order chi connectivity index (χ0) is 11.8. The van der Waals surface area contributed by atoms with Crippen molar-refractivity contribution in [2.45, 2.75) is 12.8 Å². The molecule has 0 saturated heterocycles. The van der Waals surface area contributed by atoms with Crippen LogP contribution in [0.25, 0.3) is 0 Å². The Balaban J connectivity index is 2.59. The van der Waals surface area contributed by atoms with Gasteiger partial charge >= 0.3 is 5.97 Å². The van der Waals surface area contributed by atoms with Gasteiger partial charge in [-0.25, -0.2) is 0 Å². The van der Waals surface area contributed by atoms with Crippen LogP contribution in [-0.2, 0) is 9.53 Å². The summed E-state index contributed by atoms with van der Waals surface area (Å²) in [6, 6.07) is 9.13. The molecule has 1 aromatic carbocycles. The van der Waals surface area contributed by atoms with Gasteiger partial charge in [0.1, 0.15) is 5.92 Å². The third-order valence-corrected chi connectivity index (χ3v) is 2.23. The normalized spacial score (nSPS) is 12.8. The Morgan fingerprint density at radius 3 is 2.69 bits per heavy atom. The lowest BCUT2D eigenvalue weighted by Crippen LogP contribution is -2.17. The molecule has 16 heavy (non-hydrogen) atoms. The Hall–Kier alpha value is -1.61. The molecule has 0 aromatic heterocycles. The molecule has 1 rings (SSSR count). The maximum Gasteiger partial charge on any atom is 0.313 e. The molecule has 86 valence electrons. The monoisotopic (exact) mass is 220 g/mol. The quantitative estimate of drug-likeness (QED) is 0.591. The Bertz CT molecular complexity index is 343. The number of allylic oxidation sites excluding steroid dienone is 1. The van der Waals surface area contributed by atoms with Crippen molar-refractivity contribution >= 4 is 5.97 Å². The first kappa shape index (κ1) is 12.5. The third-order valence-electron chi connectivity index (χ3n) is 2.23. The first-order chi connectivity index (χ1) is 7.75. The van der Waals surface area contributed by atoms with Crippen LogP contribution in [0, 0.1) is 0 Å². The van der Waals surface area contributed by atoms with Gasteiger partial charge < -0.3 is 9.84 Å². The highest BCUT2D eigenvalue weighted by Crippen LogP contribution is 2.15. The Kier molecular flexibility index (Phi) is 5.29. The highest BCUT2D eigenvalue weighted by Gasteiger charge is 2.19. The predicted molar refractivity (Wildman–Crippen MR) is 62.5 cm³/mol. The molecule has 1 aromatic rings. The fourth-order valence-electron chi connectivity index (χ4n) is 1.35. The lowest BCUT2D eigenvalue weighted by atomic mass is 10.0. The predicted octanol–water partition coefficient (Wildman–Crippen LogP) is 2.45.